The fraction of sp³-hybridized carbons (Fsp3) is 0.462. The molecule has 0 bridgehead atoms. The predicted octanol–water partition coefficient (Wildman–Crippen LogP) is 1.09. The summed E-state index contributed by atoms with van der Waals surface area (Å²) in [5.74, 6) is -0.283. The second-order valence-corrected chi connectivity index (χ2v) is 6.74. The van der Waals surface area contributed by atoms with Gasteiger partial charge in [-0.05, 0) is 30.7 Å². The largest absolute Gasteiger partial charge is 0.469 e. The van der Waals surface area contributed by atoms with Gasteiger partial charge in [0, 0.05) is 25.0 Å². The number of hydrogen-bond acceptors (Lipinski definition) is 5. The summed E-state index contributed by atoms with van der Waals surface area (Å²) in [7, 11) is -1.77. The van der Waals surface area contributed by atoms with Crippen LogP contribution in [0.2, 0.25) is 0 Å². The number of nitrogens with zero attached hydrogens (tertiary/aromatic N) is 1. The zero-order valence-corrected chi connectivity index (χ0v) is 11.8. The molecule has 1 aliphatic heterocycles. The number of methoxy groups -OCH3 is 1. The number of anilines is 1. The Morgan fingerprint density at radius 3 is 2.47 bits per heavy atom. The van der Waals surface area contributed by atoms with E-state index in [1.807, 2.05) is 0 Å². The second-order valence-electron chi connectivity index (χ2n) is 4.72. The molecule has 0 radical (unpaired) electrons. The first-order valence-corrected chi connectivity index (χ1v) is 7.94. The molecule has 1 fully saturated rings. The van der Waals surface area contributed by atoms with Crippen LogP contribution in [0.15, 0.2) is 29.2 Å². The van der Waals surface area contributed by atoms with E-state index in [-0.39, 0.29) is 11.9 Å². The summed E-state index contributed by atoms with van der Waals surface area (Å²) in [5.41, 5.74) is 0.929. The third-order valence-corrected chi connectivity index (χ3v) is 4.48. The van der Waals surface area contributed by atoms with E-state index in [9.17, 15) is 13.2 Å². The van der Waals surface area contributed by atoms with Crippen molar-refractivity contribution < 1.29 is 17.9 Å². The molecular weight excluding hydrogens is 266 g/mol. The molecule has 1 saturated heterocycles. The van der Waals surface area contributed by atoms with Crippen LogP contribution in [0.4, 0.5) is 5.69 Å². The molecule has 2 rings (SSSR count). The second kappa shape index (κ2) is 5.21. The lowest BCUT2D eigenvalue weighted by molar-refractivity contribution is -0.144. The zero-order chi connectivity index (χ0) is 14.0. The molecule has 1 atom stereocenters. The Bertz CT molecular complexity index is 565. The molecule has 5 nitrogen and oxygen atoms in total. The van der Waals surface area contributed by atoms with Crippen molar-refractivity contribution in [2.24, 2.45) is 5.92 Å². The predicted molar refractivity (Wildman–Crippen MR) is 71.9 cm³/mol. The molecular formula is C13H17NO4S. The molecule has 6 heteroatoms. The Morgan fingerprint density at radius 1 is 1.32 bits per heavy atom. The summed E-state index contributed by atoms with van der Waals surface area (Å²) >= 11 is 0. The summed E-state index contributed by atoms with van der Waals surface area (Å²) in [6, 6.07) is 6.73. The minimum Gasteiger partial charge on any atom is -0.469 e. The smallest absolute Gasteiger partial charge is 0.310 e. The molecule has 1 unspecified atom stereocenters. The van der Waals surface area contributed by atoms with Crippen LogP contribution in [0.1, 0.15) is 6.42 Å². The Balaban J connectivity index is 2.10. The maximum Gasteiger partial charge on any atom is 0.310 e. The van der Waals surface area contributed by atoms with Crippen LogP contribution in [-0.4, -0.2) is 40.8 Å². The van der Waals surface area contributed by atoms with Crippen molar-refractivity contribution in [1.82, 2.24) is 0 Å². The minimum atomic E-state index is -3.16. The van der Waals surface area contributed by atoms with Gasteiger partial charge in [0.1, 0.15) is 0 Å². The van der Waals surface area contributed by atoms with Crippen LogP contribution in [-0.2, 0) is 19.4 Å². The highest BCUT2D eigenvalue weighted by atomic mass is 32.2. The van der Waals surface area contributed by atoms with Crippen molar-refractivity contribution >= 4 is 21.5 Å². The average Bonchev–Trinajstić information content (AvgIpc) is 2.86. The van der Waals surface area contributed by atoms with Gasteiger partial charge in [-0.3, -0.25) is 4.79 Å². The topological polar surface area (TPSA) is 63.7 Å². The van der Waals surface area contributed by atoms with Crippen molar-refractivity contribution in [2.45, 2.75) is 11.3 Å². The Morgan fingerprint density at radius 2 is 1.95 bits per heavy atom. The number of esters is 1. The molecule has 104 valence electrons. The van der Waals surface area contributed by atoms with Crippen molar-refractivity contribution in [3.05, 3.63) is 24.3 Å². The summed E-state index contributed by atoms with van der Waals surface area (Å²) in [6.45, 7) is 1.39. The van der Waals surface area contributed by atoms with Gasteiger partial charge in [-0.2, -0.15) is 0 Å². The first-order valence-electron chi connectivity index (χ1n) is 6.04. The molecule has 19 heavy (non-hydrogen) atoms. The fourth-order valence-corrected chi connectivity index (χ4v) is 2.89. The van der Waals surface area contributed by atoms with Crippen LogP contribution < -0.4 is 4.90 Å². The lowest BCUT2D eigenvalue weighted by Crippen LogP contribution is -2.23. The Hall–Kier alpha value is -1.56. The normalized spacial score (nSPS) is 19.5. The van der Waals surface area contributed by atoms with Crippen molar-refractivity contribution in [1.29, 1.82) is 0 Å². The molecule has 0 aromatic heterocycles. The molecule has 0 aliphatic carbocycles. The maximum absolute atomic E-state index is 11.4. The molecule has 1 aliphatic rings. The molecule has 1 aromatic carbocycles. The Kier molecular flexibility index (Phi) is 3.80. The highest BCUT2D eigenvalue weighted by Crippen LogP contribution is 2.25. The van der Waals surface area contributed by atoms with Gasteiger partial charge in [0.15, 0.2) is 9.84 Å². The highest BCUT2D eigenvalue weighted by Gasteiger charge is 2.29. The monoisotopic (exact) mass is 283 g/mol. The number of hydrogen-bond donors (Lipinski definition) is 0. The lowest BCUT2D eigenvalue weighted by Gasteiger charge is -2.18. The van der Waals surface area contributed by atoms with Crippen molar-refractivity contribution in [3.63, 3.8) is 0 Å². The summed E-state index contributed by atoms with van der Waals surface area (Å²) in [6.07, 6.45) is 1.95. The number of ether oxygens (including phenoxy) is 1. The van der Waals surface area contributed by atoms with Gasteiger partial charge in [0.2, 0.25) is 0 Å². The van der Waals surface area contributed by atoms with E-state index in [0.29, 0.717) is 11.4 Å². The van der Waals surface area contributed by atoms with Gasteiger partial charge in [0.05, 0.1) is 17.9 Å². The highest BCUT2D eigenvalue weighted by molar-refractivity contribution is 7.90. The lowest BCUT2D eigenvalue weighted by atomic mass is 10.1. The number of benzene rings is 1. The molecule has 0 saturated carbocycles. The Labute approximate surface area is 113 Å². The van der Waals surface area contributed by atoms with Crippen LogP contribution in [0.5, 0.6) is 0 Å². The van der Waals surface area contributed by atoms with E-state index in [1.165, 1.54) is 13.4 Å². The SMILES string of the molecule is COC(=O)C1CCN(c2ccc(S(C)(=O)=O)cc2)C1. The van der Waals surface area contributed by atoms with E-state index in [2.05, 4.69) is 4.90 Å². The third-order valence-electron chi connectivity index (χ3n) is 3.35. The van der Waals surface area contributed by atoms with Crippen LogP contribution in [0.3, 0.4) is 0 Å². The van der Waals surface area contributed by atoms with E-state index >= 15 is 0 Å². The molecule has 1 heterocycles. The van der Waals surface area contributed by atoms with Crippen LogP contribution in [0, 0.1) is 5.92 Å². The quantitative estimate of drug-likeness (QED) is 0.777. The molecule has 0 amide bonds. The van der Waals surface area contributed by atoms with E-state index in [1.54, 1.807) is 24.3 Å². The van der Waals surface area contributed by atoms with Gasteiger partial charge in [-0.25, -0.2) is 8.42 Å². The number of carbonyl (C=O) groups is 1. The van der Waals surface area contributed by atoms with Gasteiger partial charge < -0.3 is 9.64 Å². The standard InChI is InChI=1S/C13H17NO4S/c1-18-13(15)10-7-8-14(9-10)11-3-5-12(6-4-11)19(2,16)17/h3-6,10H,7-9H2,1-2H3. The number of sulfone groups is 1. The van der Waals surface area contributed by atoms with E-state index < -0.39 is 9.84 Å². The molecule has 0 spiro atoms. The minimum absolute atomic E-state index is 0.0976. The van der Waals surface area contributed by atoms with Gasteiger partial charge in [-0.15, -0.1) is 0 Å². The fourth-order valence-electron chi connectivity index (χ4n) is 2.26. The third kappa shape index (κ3) is 3.07. The first-order chi connectivity index (χ1) is 8.91. The first kappa shape index (κ1) is 13.9. The van der Waals surface area contributed by atoms with Crippen LogP contribution in [0.25, 0.3) is 0 Å². The average molecular weight is 283 g/mol. The molecule has 1 aromatic rings. The van der Waals surface area contributed by atoms with Crippen molar-refractivity contribution in [2.75, 3.05) is 31.4 Å². The van der Waals surface area contributed by atoms with Crippen molar-refractivity contribution in [3.8, 4) is 0 Å². The van der Waals surface area contributed by atoms with Gasteiger partial charge >= 0.3 is 5.97 Å². The van der Waals surface area contributed by atoms with Gasteiger partial charge in [0.25, 0.3) is 0 Å². The zero-order valence-electron chi connectivity index (χ0n) is 11.0. The van der Waals surface area contributed by atoms with E-state index in [0.717, 1.165) is 18.7 Å². The number of rotatable bonds is 3. The summed E-state index contributed by atoms with van der Waals surface area (Å²) in [4.78, 5) is 13.8. The van der Waals surface area contributed by atoms with Gasteiger partial charge in [-0.1, -0.05) is 0 Å². The summed E-state index contributed by atoms with van der Waals surface area (Å²) in [5, 5.41) is 0. The van der Waals surface area contributed by atoms with Crippen LogP contribution >= 0.6 is 0 Å². The maximum atomic E-state index is 11.4. The summed E-state index contributed by atoms with van der Waals surface area (Å²) < 4.78 is 27.5. The number of carbonyl (C=O) groups excluding carboxylic acids is 1. The van der Waals surface area contributed by atoms with E-state index in [4.69, 9.17) is 4.74 Å². The molecule has 0 N–H and O–H groups in total.